The summed E-state index contributed by atoms with van der Waals surface area (Å²) < 4.78 is 41.0. The average molecular weight is 450 g/mol. The van der Waals surface area contributed by atoms with Crippen molar-refractivity contribution in [3.63, 3.8) is 0 Å². The van der Waals surface area contributed by atoms with Crippen LogP contribution in [0.25, 0.3) is 0 Å². The highest BCUT2D eigenvalue weighted by Crippen LogP contribution is 2.43. The van der Waals surface area contributed by atoms with Gasteiger partial charge in [-0.3, -0.25) is 0 Å². The van der Waals surface area contributed by atoms with Crippen LogP contribution in [0, 0.1) is 0 Å². The third kappa shape index (κ3) is 4.74. The summed E-state index contributed by atoms with van der Waals surface area (Å²) in [4.78, 5) is 28.8. The lowest BCUT2D eigenvalue weighted by Gasteiger charge is -2.35. The van der Waals surface area contributed by atoms with Gasteiger partial charge in [-0.1, -0.05) is 60.3 Å². The summed E-state index contributed by atoms with van der Waals surface area (Å²) in [5.41, 5.74) is -1.31. The highest BCUT2D eigenvalue weighted by atomic mass is 32.2. The molecular weight excluding hydrogens is 433 g/mol. The Balaban J connectivity index is 2.14. The van der Waals surface area contributed by atoms with Gasteiger partial charge in [0.1, 0.15) is 6.04 Å². The lowest BCUT2D eigenvalue weighted by Crippen LogP contribution is -2.43. The van der Waals surface area contributed by atoms with Crippen molar-refractivity contribution in [2.45, 2.75) is 24.9 Å². The molecule has 0 saturated carbocycles. The van der Waals surface area contributed by atoms with E-state index in [1.165, 1.54) is 13.0 Å². The summed E-state index contributed by atoms with van der Waals surface area (Å²) in [6.45, 7) is 1.34. The Morgan fingerprint density at radius 1 is 1.06 bits per heavy atom. The summed E-state index contributed by atoms with van der Waals surface area (Å²) in [6, 6.07) is 11.7. The highest BCUT2D eigenvalue weighted by Gasteiger charge is 2.44. The van der Waals surface area contributed by atoms with E-state index in [-0.39, 0.29) is 10.9 Å². The highest BCUT2D eigenvalue weighted by molar-refractivity contribution is 8.13. The molecule has 0 aliphatic carbocycles. The van der Waals surface area contributed by atoms with Gasteiger partial charge in [-0.25, -0.2) is 19.5 Å². The molecule has 0 spiro atoms. The van der Waals surface area contributed by atoms with E-state index in [1.807, 2.05) is 18.2 Å². The van der Waals surface area contributed by atoms with Crippen molar-refractivity contribution in [1.29, 1.82) is 0 Å². The number of amides is 1. The van der Waals surface area contributed by atoms with Gasteiger partial charge in [-0.05, 0) is 24.1 Å². The number of aliphatic carboxylic acids is 1. The van der Waals surface area contributed by atoms with Gasteiger partial charge in [0.2, 0.25) is 0 Å². The van der Waals surface area contributed by atoms with Crippen LogP contribution in [-0.4, -0.2) is 32.3 Å². The molecule has 0 fully saturated rings. The fraction of sp³-hybridized carbons (Fsp3) is 0.190. The standard InChI is InChI=1S/C21H17F3N2O4S/c1-12-16(18(27)28)17(14-9-5-6-10-15(14)21(22,23)24)26(20(29)30)19(25-12)31-11-13-7-3-2-4-8-13/h2-10,17H,11H2,1H3,(H,27,28)(H,29,30). The zero-order valence-corrected chi connectivity index (χ0v) is 16.9. The lowest BCUT2D eigenvalue weighted by atomic mass is 9.91. The van der Waals surface area contributed by atoms with Crippen LogP contribution in [0.4, 0.5) is 18.0 Å². The molecule has 2 aromatic rings. The Kier molecular flexibility index (Phi) is 6.40. The van der Waals surface area contributed by atoms with Crippen LogP contribution in [0.1, 0.15) is 29.7 Å². The zero-order chi connectivity index (χ0) is 22.8. The molecule has 6 nitrogen and oxygen atoms in total. The van der Waals surface area contributed by atoms with E-state index in [4.69, 9.17) is 0 Å². The molecule has 1 amide bonds. The van der Waals surface area contributed by atoms with Gasteiger partial charge >= 0.3 is 18.2 Å². The molecule has 31 heavy (non-hydrogen) atoms. The fourth-order valence-electron chi connectivity index (χ4n) is 3.27. The SMILES string of the molecule is CC1=C(C(=O)O)C(c2ccccc2C(F)(F)F)N(C(=O)O)C(SCc2ccccc2)=N1. The average Bonchev–Trinajstić information content (AvgIpc) is 2.71. The van der Waals surface area contributed by atoms with E-state index >= 15 is 0 Å². The first-order valence-corrected chi connectivity index (χ1v) is 9.97. The van der Waals surface area contributed by atoms with Gasteiger partial charge < -0.3 is 10.2 Å². The molecule has 0 bridgehead atoms. The first-order valence-electron chi connectivity index (χ1n) is 8.99. The van der Waals surface area contributed by atoms with Crippen LogP contribution in [-0.2, 0) is 16.7 Å². The smallest absolute Gasteiger partial charge is 0.416 e. The van der Waals surface area contributed by atoms with Crippen molar-refractivity contribution in [2.24, 2.45) is 4.99 Å². The number of hydrogen-bond acceptors (Lipinski definition) is 4. The van der Waals surface area contributed by atoms with Crippen molar-refractivity contribution in [3.05, 3.63) is 82.6 Å². The number of rotatable bonds is 4. The van der Waals surface area contributed by atoms with E-state index in [9.17, 15) is 33.0 Å². The molecule has 1 unspecified atom stereocenters. The predicted molar refractivity (Wildman–Crippen MR) is 110 cm³/mol. The third-order valence-corrected chi connectivity index (χ3v) is 5.62. The van der Waals surface area contributed by atoms with Gasteiger partial charge in [0.15, 0.2) is 5.17 Å². The maximum Gasteiger partial charge on any atom is 0.416 e. The Bertz CT molecular complexity index is 1070. The molecule has 1 heterocycles. The summed E-state index contributed by atoms with van der Waals surface area (Å²) in [6.07, 6.45) is -6.41. The molecular formula is C21H17F3N2O4S. The largest absolute Gasteiger partial charge is 0.478 e. The number of amidine groups is 1. The topological polar surface area (TPSA) is 90.2 Å². The molecule has 1 aliphatic heterocycles. The van der Waals surface area contributed by atoms with Crippen LogP contribution < -0.4 is 0 Å². The molecule has 0 aromatic heterocycles. The number of carboxylic acids is 1. The second-order valence-corrected chi connectivity index (χ2v) is 7.56. The van der Waals surface area contributed by atoms with Gasteiger partial charge in [0, 0.05) is 5.75 Å². The number of hydrogen-bond donors (Lipinski definition) is 2. The number of nitrogens with zero attached hydrogens (tertiary/aromatic N) is 2. The number of aliphatic imine (C=N–C) groups is 1. The Morgan fingerprint density at radius 2 is 1.68 bits per heavy atom. The van der Waals surface area contributed by atoms with E-state index in [2.05, 4.69) is 4.99 Å². The third-order valence-electron chi connectivity index (χ3n) is 4.60. The van der Waals surface area contributed by atoms with E-state index < -0.39 is 41.0 Å². The lowest BCUT2D eigenvalue weighted by molar-refractivity contribution is -0.139. The van der Waals surface area contributed by atoms with Gasteiger partial charge in [0.05, 0.1) is 16.8 Å². The molecule has 0 radical (unpaired) electrons. The van der Waals surface area contributed by atoms with Gasteiger partial charge in [0.25, 0.3) is 0 Å². The predicted octanol–water partition coefficient (Wildman–Crippen LogP) is 5.39. The number of carboxylic acid groups (broad SMARTS) is 2. The number of allylic oxidation sites excluding steroid dienone is 1. The van der Waals surface area contributed by atoms with E-state index in [0.717, 1.165) is 35.5 Å². The van der Waals surface area contributed by atoms with Crippen molar-refractivity contribution in [1.82, 2.24) is 4.90 Å². The Labute approximate surface area is 179 Å². The second-order valence-electron chi connectivity index (χ2n) is 6.61. The number of halogens is 3. The van der Waals surface area contributed by atoms with Gasteiger partial charge in [-0.15, -0.1) is 0 Å². The van der Waals surface area contributed by atoms with E-state index in [0.29, 0.717) is 10.7 Å². The molecule has 3 rings (SSSR count). The number of benzene rings is 2. The van der Waals surface area contributed by atoms with Crippen LogP contribution in [0.5, 0.6) is 0 Å². The first kappa shape index (κ1) is 22.4. The number of carbonyl (C=O) groups is 2. The molecule has 162 valence electrons. The Morgan fingerprint density at radius 3 is 2.26 bits per heavy atom. The monoisotopic (exact) mass is 450 g/mol. The molecule has 1 aliphatic rings. The molecule has 1 atom stereocenters. The van der Waals surface area contributed by atoms with Crippen LogP contribution >= 0.6 is 11.8 Å². The summed E-state index contributed by atoms with van der Waals surface area (Å²) in [7, 11) is 0. The van der Waals surface area contributed by atoms with Crippen molar-refractivity contribution in [2.75, 3.05) is 0 Å². The molecule has 2 aromatic carbocycles. The molecule has 10 heteroatoms. The van der Waals surface area contributed by atoms with E-state index in [1.54, 1.807) is 12.1 Å². The first-order chi connectivity index (χ1) is 14.6. The van der Waals surface area contributed by atoms with Crippen LogP contribution in [0.15, 0.2) is 70.9 Å². The zero-order valence-electron chi connectivity index (χ0n) is 16.1. The number of thioether (sulfide) groups is 1. The quantitative estimate of drug-likeness (QED) is 0.652. The van der Waals surface area contributed by atoms with Crippen LogP contribution in [0.2, 0.25) is 0 Å². The van der Waals surface area contributed by atoms with Crippen molar-refractivity contribution < 1.29 is 33.0 Å². The van der Waals surface area contributed by atoms with Crippen molar-refractivity contribution in [3.8, 4) is 0 Å². The number of alkyl halides is 3. The van der Waals surface area contributed by atoms with Gasteiger partial charge in [-0.2, -0.15) is 13.2 Å². The summed E-state index contributed by atoms with van der Waals surface area (Å²) in [5.74, 6) is -1.24. The summed E-state index contributed by atoms with van der Waals surface area (Å²) >= 11 is 1.00. The minimum Gasteiger partial charge on any atom is -0.478 e. The normalized spacial score (nSPS) is 16.8. The summed E-state index contributed by atoms with van der Waals surface area (Å²) in [5, 5.41) is 19.4. The maximum atomic E-state index is 13.7. The maximum absolute atomic E-state index is 13.7. The molecule has 2 N–H and O–H groups in total. The minimum absolute atomic E-state index is 0.0532. The van der Waals surface area contributed by atoms with Crippen LogP contribution in [0.3, 0.4) is 0 Å². The Hall–Kier alpha value is -3.27. The fourth-order valence-corrected chi connectivity index (χ4v) is 4.28. The van der Waals surface area contributed by atoms with Crippen molar-refractivity contribution >= 4 is 29.0 Å². The second kappa shape index (κ2) is 8.84. The molecule has 0 saturated heterocycles. The minimum atomic E-state index is -4.80.